The first kappa shape index (κ1) is 15.8. The molecule has 0 radical (unpaired) electrons. The summed E-state index contributed by atoms with van der Waals surface area (Å²) in [5.74, 6) is 1.60. The number of hydrogen-bond acceptors (Lipinski definition) is 4. The summed E-state index contributed by atoms with van der Waals surface area (Å²) >= 11 is 3.51. The molecule has 1 unspecified atom stereocenters. The number of hydrogen-bond donors (Lipinski definition) is 1. The molecule has 23 heavy (non-hydrogen) atoms. The molecule has 0 saturated carbocycles. The molecule has 2 N–H and O–H groups in total. The molecule has 3 rings (SSSR count). The van der Waals surface area contributed by atoms with Crippen molar-refractivity contribution in [3.63, 3.8) is 0 Å². The van der Waals surface area contributed by atoms with E-state index >= 15 is 0 Å². The Labute approximate surface area is 144 Å². The van der Waals surface area contributed by atoms with Gasteiger partial charge in [-0.25, -0.2) is 4.98 Å². The van der Waals surface area contributed by atoms with Gasteiger partial charge in [-0.05, 0) is 48.9 Å². The number of fused-ring (bicyclic) bond motifs is 1. The second-order valence-corrected chi connectivity index (χ2v) is 6.89. The minimum absolute atomic E-state index is 0.304. The lowest BCUT2D eigenvalue weighted by atomic mass is 9.82. The Kier molecular flexibility index (Phi) is 4.27. The van der Waals surface area contributed by atoms with Gasteiger partial charge in [-0.3, -0.25) is 0 Å². The quantitative estimate of drug-likeness (QED) is 0.862. The summed E-state index contributed by atoms with van der Waals surface area (Å²) in [4.78, 5) is 4.49. The second kappa shape index (κ2) is 6.21. The Morgan fingerprint density at radius 1 is 1.43 bits per heavy atom. The average Bonchev–Trinajstić information content (AvgIpc) is 2.54. The van der Waals surface area contributed by atoms with E-state index in [1.165, 1.54) is 0 Å². The third-order valence-electron chi connectivity index (χ3n) is 4.38. The topological polar surface area (TPSA) is 71.9 Å². The smallest absolute Gasteiger partial charge is 0.142 e. The summed E-state index contributed by atoms with van der Waals surface area (Å²) in [6, 6.07) is 8.04. The zero-order valence-electron chi connectivity index (χ0n) is 13.2. The maximum Gasteiger partial charge on any atom is 0.142 e. The zero-order chi connectivity index (χ0) is 16.6. The van der Waals surface area contributed by atoms with Crippen molar-refractivity contribution in [3.8, 4) is 22.9 Å². The Morgan fingerprint density at radius 2 is 2.22 bits per heavy atom. The number of ether oxygens (including phenoxy) is 1. The van der Waals surface area contributed by atoms with Gasteiger partial charge in [0.2, 0.25) is 0 Å². The number of rotatable bonds is 2. The van der Waals surface area contributed by atoms with Crippen LogP contribution in [0.25, 0.3) is 11.1 Å². The third-order valence-corrected chi connectivity index (χ3v) is 4.87. The van der Waals surface area contributed by atoms with Crippen LogP contribution in [0.4, 0.5) is 5.82 Å². The van der Waals surface area contributed by atoms with E-state index < -0.39 is 0 Å². The fourth-order valence-electron chi connectivity index (χ4n) is 3.24. The van der Waals surface area contributed by atoms with Gasteiger partial charge in [0.05, 0.1) is 7.11 Å². The van der Waals surface area contributed by atoms with Crippen LogP contribution >= 0.6 is 15.9 Å². The highest BCUT2D eigenvalue weighted by molar-refractivity contribution is 9.10. The highest BCUT2D eigenvalue weighted by atomic mass is 79.9. The van der Waals surface area contributed by atoms with E-state index in [4.69, 9.17) is 10.5 Å². The molecule has 0 aliphatic heterocycles. The number of nitrogen functional groups attached to an aromatic ring is 1. The summed E-state index contributed by atoms with van der Waals surface area (Å²) in [6.45, 7) is 2.23. The molecule has 4 nitrogen and oxygen atoms in total. The van der Waals surface area contributed by atoms with E-state index in [0.717, 1.165) is 51.9 Å². The molecule has 1 atom stereocenters. The van der Waals surface area contributed by atoms with Gasteiger partial charge in [0, 0.05) is 21.3 Å². The lowest BCUT2D eigenvalue weighted by Gasteiger charge is -2.25. The fourth-order valence-corrected chi connectivity index (χ4v) is 3.60. The van der Waals surface area contributed by atoms with Crippen LogP contribution in [0.3, 0.4) is 0 Å². The number of nitriles is 1. The standard InChI is InChI=1S/C18H18BrN3O/c1-10-3-5-15-12(7-10)17(14(9-20)18(21)22-15)13-8-11(19)4-6-16(13)23-2/h4,6,8,10H,3,5,7H2,1-2H3,(H2,21,22). The number of nitrogens with zero attached hydrogens (tertiary/aromatic N) is 2. The highest BCUT2D eigenvalue weighted by Crippen LogP contribution is 2.41. The fraction of sp³-hybridized carbons (Fsp3) is 0.333. The molecular formula is C18H18BrN3O. The normalized spacial score (nSPS) is 16.5. The molecule has 5 heteroatoms. The first-order valence-electron chi connectivity index (χ1n) is 7.60. The van der Waals surface area contributed by atoms with Crippen molar-refractivity contribution < 1.29 is 4.74 Å². The highest BCUT2D eigenvalue weighted by Gasteiger charge is 2.26. The zero-order valence-corrected chi connectivity index (χ0v) is 14.8. The first-order chi connectivity index (χ1) is 11.0. The van der Waals surface area contributed by atoms with Crippen molar-refractivity contribution >= 4 is 21.7 Å². The molecule has 1 aliphatic carbocycles. The molecule has 2 aromatic rings. The molecule has 0 spiro atoms. The van der Waals surface area contributed by atoms with Crippen molar-refractivity contribution in [2.45, 2.75) is 26.2 Å². The number of aryl methyl sites for hydroxylation is 1. The van der Waals surface area contributed by atoms with Gasteiger partial charge < -0.3 is 10.5 Å². The van der Waals surface area contributed by atoms with Gasteiger partial charge in [0.1, 0.15) is 23.2 Å². The van der Waals surface area contributed by atoms with Crippen molar-refractivity contribution in [2.75, 3.05) is 12.8 Å². The SMILES string of the molecule is COc1ccc(Br)cc1-c1c(C#N)c(N)nc2c1CC(C)CC2. The predicted molar refractivity (Wildman–Crippen MR) is 94.2 cm³/mol. The van der Waals surface area contributed by atoms with Gasteiger partial charge in [-0.15, -0.1) is 0 Å². The van der Waals surface area contributed by atoms with Gasteiger partial charge in [0.25, 0.3) is 0 Å². The minimum atomic E-state index is 0.304. The molecule has 1 aliphatic rings. The largest absolute Gasteiger partial charge is 0.496 e. The predicted octanol–water partition coefficient (Wildman–Crippen LogP) is 4.10. The summed E-state index contributed by atoms with van der Waals surface area (Å²) in [6.07, 6.45) is 2.90. The van der Waals surface area contributed by atoms with E-state index in [1.807, 2.05) is 18.2 Å². The van der Waals surface area contributed by atoms with Crippen LogP contribution in [0.15, 0.2) is 22.7 Å². The second-order valence-electron chi connectivity index (χ2n) is 5.98. The van der Waals surface area contributed by atoms with E-state index in [0.29, 0.717) is 17.3 Å². The number of anilines is 1. The molecule has 1 aromatic heterocycles. The van der Waals surface area contributed by atoms with Crippen LogP contribution in [0.5, 0.6) is 5.75 Å². The van der Waals surface area contributed by atoms with E-state index in [1.54, 1.807) is 7.11 Å². The molecule has 118 valence electrons. The molecule has 1 aromatic carbocycles. The number of methoxy groups -OCH3 is 1. The van der Waals surface area contributed by atoms with Gasteiger partial charge in [-0.1, -0.05) is 22.9 Å². The number of pyridine rings is 1. The Morgan fingerprint density at radius 3 is 2.91 bits per heavy atom. The van der Waals surface area contributed by atoms with Crippen LogP contribution in [-0.4, -0.2) is 12.1 Å². The van der Waals surface area contributed by atoms with Crippen LogP contribution in [-0.2, 0) is 12.8 Å². The number of aromatic nitrogens is 1. The Balaban J connectivity index is 2.36. The Bertz CT molecular complexity index is 811. The molecule has 0 amide bonds. The van der Waals surface area contributed by atoms with Crippen molar-refractivity contribution in [1.29, 1.82) is 5.26 Å². The number of nitrogens with two attached hydrogens (primary N) is 1. The van der Waals surface area contributed by atoms with Gasteiger partial charge >= 0.3 is 0 Å². The van der Waals surface area contributed by atoms with Crippen LogP contribution in [0.2, 0.25) is 0 Å². The number of benzene rings is 1. The molecular weight excluding hydrogens is 354 g/mol. The lowest BCUT2D eigenvalue weighted by Crippen LogP contribution is -2.17. The molecule has 0 saturated heterocycles. The van der Waals surface area contributed by atoms with E-state index in [-0.39, 0.29) is 0 Å². The monoisotopic (exact) mass is 371 g/mol. The summed E-state index contributed by atoms with van der Waals surface area (Å²) in [7, 11) is 1.64. The summed E-state index contributed by atoms with van der Waals surface area (Å²) < 4.78 is 6.46. The maximum absolute atomic E-state index is 9.64. The van der Waals surface area contributed by atoms with E-state index in [9.17, 15) is 5.26 Å². The number of halogens is 1. The third kappa shape index (κ3) is 2.79. The molecule has 1 heterocycles. The average molecular weight is 372 g/mol. The van der Waals surface area contributed by atoms with Gasteiger partial charge in [-0.2, -0.15) is 5.26 Å². The lowest BCUT2D eigenvalue weighted by molar-refractivity contribution is 0.416. The van der Waals surface area contributed by atoms with Crippen molar-refractivity contribution in [3.05, 3.63) is 39.5 Å². The first-order valence-corrected chi connectivity index (χ1v) is 8.39. The van der Waals surface area contributed by atoms with Crippen LogP contribution < -0.4 is 10.5 Å². The Hall–Kier alpha value is -2.06. The van der Waals surface area contributed by atoms with Crippen molar-refractivity contribution in [1.82, 2.24) is 4.98 Å². The van der Waals surface area contributed by atoms with Crippen LogP contribution in [0, 0.1) is 17.2 Å². The minimum Gasteiger partial charge on any atom is -0.496 e. The van der Waals surface area contributed by atoms with Crippen LogP contribution in [0.1, 0.15) is 30.2 Å². The summed E-state index contributed by atoms with van der Waals surface area (Å²) in [5.41, 5.74) is 10.4. The summed E-state index contributed by atoms with van der Waals surface area (Å²) in [5, 5.41) is 9.64. The molecule has 0 bridgehead atoms. The molecule has 0 fully saturated rings. The van der Waals surface area contributed by atoms with Gasteiger partial charge in [0.15, 0.2) is 0 Å². The maximum atomic E-state index is 9.64. The van der Waals surface area contributed by atoms with E-state index in [2.05, 4.69) is 33.9 Å². The van der Waals surface area contributed by atoms with Crippen molar-refractivity contribution in [2.24, 2.45) is 5.92 Å².